The molecule has 0 radical (unpaired) electrons. The van der Waals surface area contributed by atoms with E-state index in [1.54, 1.807) is 6.07 Å². The van der Waals surface area contributed by atoms with Gasteiger partial charge in [-0.2, -0.15) is 0 Å². The summed E-state index contributed by atoms with van der Waals surface area (Å²) < 4.78 is 0. The number of carbonyl (C=O) groups is 2. The SMILES string of the molecule is CC(C)CNC(=O)CCNC(=O)c1ccnc(NN)c1. The summed E-state index contributed by atoms with van der Waals surface area (Å²) in [6, 6.07) is 3.11. The lowest BCUT2D eigenvalue weighted by Crippen LogP contribution is -2.32. The van der Waals surface area contributed by atoms with E-state index in [9.17, 15) is 9.59 Å². The number of nitrogens with zero attached hydrogens (tertiary/aromatic N) is 1. The smallest absolute Gasteiger partial charge is 0.251 e. The first-order valence-corrected chi connectivity index (χ1v) is 6.50. The molecule has 0 fully saturated rings. The van der Waals surface area contributed by atoms with Crippen molar-refractivity contribution in [3.8, 4) is 0 Å². The Morgan fingerprint density at radius 2 is 2.10 bits per heavy atom. The number of nitrogen functional groups attached to an aromatic ring is 1. The number of hydrazine groups is 1. The number of anilines is 1. The van der Waals surface area contributed by atoms with Crippen molar-refractivity contribution in [3.05, 3.63) is 23.9 Å². The van der Waals surface area contributed by atoms with Gasteiger partial charge in [-0.25, -0.2) is 10.8 Å². The molecule has 110 valence electrons. The lowest BCUT2D eigenvalue weighted by Gasteiger charge is -2.08. The summed E-state index contributed by atoms with van der Waals surface area (Å²) in [5, 5.41) is 5.46. The molecule has 7 nitrogen and oxygen atoms in total. The van der Waals surface area contributed by atoms with Crippen LogP contribution in [0.1, 0.15) is 30.6 Å². The van der Waals surface area contributed by atoms with Gasteiger partial charge in [0.1, 0.15) is 5.82 Å². The zero-order valence-corrected chi connectivity index (χ0v) is 11.8. The van der Waals surface area contributed by atoms with Gasteiger partial charge in [-0.05, 0) is 18.1 Å². The minimum atomic E-state index is -0.263. The quantitative estimate of drug-likeness (QED) is 0.423. The van der Waals surface area contributed by atoms with Crippen molar-refractivity contribution in [2.24, 2.45) is 11.8 Å². The summed E-state index contributed by atoms with van der Waals surface area (Å²) in [6.45, 7) is 4.97. The van der Waals surface area contributed by atoms with E-state index in [4.69, 9.17) is 5.84 Å². The Hall–Kier alpha value is -2.15. The number of carbonyl (C=O) groups excluding carboxylic acids is 2. The largest absolute Gasteiger partial charge is 0.356 e. The number of rotatable bonds is 7. The second-order valence-corrected chi connectivity index (χ2v) is 4.78. The van der Waals surface area contributed by atoms with Crippen molar-refractivity contribution >= 4 is 17.6 Å². The molecule has 20 heavy (non-hydrogen) atoms. The number of aromatic nitrogens is 1. The van der Waals surface area contributed by atoms with Crippen molar-refractivity contribution in [2.45, 2.75) is 20.3 Å². The third-order valence-electron chi connectivity index (χ3n) is 2.52. The Kier molecular flexibility index (Phi) is 6.45. The summed E-state index contributed by atoms with van der Waals surface area (Å²) in [6.07, 6.45) is 1.74. The highest BCUT2D eigenvalue weighted by Crippen LogP contribution is 2.04. The van der Waals surface area contributed by atoms with Gasteiger partial charge in [0.05, 0.1) is 0 Å². The van der Waals surface area contributed by atoms with E-state index in [0.29, 0.717) is 23.8 Å². The molecule has 1 aromatic heterocycles. The minimum Gasteiger partial charge on any atom is -0.356 e. The molecule has 7 heteroatoms. The van der Waals surface area contributed by atoms with Crippen LogP contribution >= 0.6 is 0 Å². The first-order valence-electron chi connectivity index (χ1n) is 6.50. The van der Waals surface area contributed by atoms with Crippen molar-refractivity contribution in [2.75, 3.05) is 18.5 Å². The number of amides is 2. The van der Waals surface area contributed by atoms with Crippen LogP contribution in [0.4, 0.5) is 5.82 Å². The minimum absolute atomic E-state index is 0.0713. The summed E-state index contributed by atoms with van der Waals surface area (Å²) in [4.78, 5) is 27.2. The first kappa shape index (κ1) is 15.9. The summed E-state index contributed by atoms with van der Waals surface area (Å²) in [7, 11) is 0. The van der Waals surface area contributed by atoms with Crippen molar-refractivity contribution in [3.63, 3.8) is 0 Å². The molecule has 0 saturated heterocycles. The van der Waals surface area contributed by atoms with E-state index in [1.807, 2.05) is 13.8 Å². The van der Waals surface area contributed by atoms with Crippen molar-refractivity contribution in [1.82, 2.24) is 15.6 Å². The Labute approximate surface area is 118 Å². The zero-order chi connectivity index (χ0) is 15.0. The maximum atomic E-state index is 11.8. The van der Waals surface area contributed by atoms with Crippen LogP contribution in [0.25, 0.3) is 0 Å². The monoisotopic (exact) mass is 279 g/mol. The van der Waals surface area contributed by atoms with E-state index in [0.717, 1.165) is 0 Å². The van der Waals surface area contributed by atoms with Crippen LogP contribution in [0, 0.1) is 5.92 Å². The van der Waals surface area contributed by atoms with Gasteiger partial charge in [0, 0.05) is 31.3 Å². The van der Waals surface area contributed by atoms with Gasteiger partial charge in [-0.3, -0.25) is 9.59 Å². The average molecular weight is 279 g/mol. The van der Waals surface area contributed by atoms with Crippen LogP contribution in [0.5, 0.6) is 0 Å². The third-order valence-corrected chi connectivity index (χ3v) is 2.52. The molecule has 0 saturated carbocycles. The molecular weight excluding hydrogens is 258 g/mol. The molecule has 0 aliphatic carbocycles. The van der Waals surface area contributed by atoms with Crippen molar-refractivity contribution < 1.29 is 9.59 Å². The van der Waals surface area contributed by atoms with E-state index in [1.165, 1.54) is 12.3 Å². The van der Waals surface area contributed by atoms with Crippen molar-refractivity contribution in [1.29, 1.82) is 0 Å². The predicted molar refractivity (Wildman–Crippen MR) is 76.8 cm³/mol. The standard InChI is InChI=1S/C13H21N5O2/c1-9(2)8-17-12(19)4-6-16-13(20)10-3-5-15-11(7-10)18-14/h3,5,7,9H,4,6,8,14H2,1-2H3,(H,15,18)(H,16,20)(H,17,19). The highest BCUT2D eigenvalue weighted by Gasteiger charge is 2.07. The molecule has 0 bridgehead atoms. The van der Waals surface area contributed by atoms with Gasteiger partial charge in [0.15, 0.2) is 0 Å². The van der Waals surface area contributed by atoms with Crippen LogP contribution < -0.4 is 21.9 Å². The highest BCUT2D eigenvalue weighted by atomic mass is 16.2. The molecular formula is C13H21N5O2. The Morgan fingerprint density at radius 1 is 1.35 bits per heavy atom. The van der Waals surface area contributed by atoms with E-state index in [-0.39, 0.29) is 24.8 Å². The van der Waals surface area contributed by atoms with E-state index >= 15 is 0 Å². The molecule has 0 aliphatic rings. The molecule has 1 aromatic rings. The van der Waals surface area contributed by atoms with Crippen LogP contribution in [-0.2, 0) is 4.79 Å². The van der Waals surface area contributed by atoms with Crippen LogP contribution in [0.15, 0.2) is 18.3 Å². The highest BCUT2D eigenvalue weighted by molar-refractivity contribution is 5.95. The molecule has 5 N–H and O–H groups in total. The lowest BCUT2D eigenvalue weighted by molar-refractivity contribution is -0.121. The number of hydrogen-bond acceptors (Lipinski definition) is 5. The zero-order valence-electron chi connectivity index (χ0n) is 11.8. The Balaban J connectivity index is 2.34. The molecule has 0 atom stereocenters. The maximum absolute atomic E-state index is 11.8. The molecule has 0 aliphatic heterocycles. The average Bonchev–Trinajstić information content (AvgIpc) is 2.45. The van der Waals surface area contributed by atoms with Gasteiger partial charge in [0.2, 0.25) is 5.91 Å². The fourth-order valence-corrected chi connectivity index (χ4v) is 1.45. The number of hydrogen-bond donors (Lipinski definition) is 4. The molecule has 0 unspecified atom stereocenters. The Morgan fingerprint density at radius 3 is 2.75 bits per heavy atom. The topological polar surface area (TPSA) is 109 Å². The third kappa shape index (κ3) is 5.66. The normalized spacial score (nSPS) is 10.2. The molecule has 1 rings (SSSR count). The maximum Gasteiger partial charge on any atom is 0.251 e. The second-order valence-electron chi connectivity index (χ2n) is 4.78. The van der Waals surface area contributed by atoms with E-state index < -0.39 is 0 Å². The molecule has 1 heterocycles. The van der Waals surface area contributed by atoms with Gasteiger partial charge in [0.25, 0.3) is 5.91 Å². The van der Waals surface area contributed by atoms with E-state index in [2.05, 4.69) is 21.0 Å². The molecule has 0 spiro atoms. The second kappa shape index (κ2) is 8.11. The van der Waals surface area contributed by atoms with Gasteiger partial charge in [-0.15, -0.1) is 0 Å². The first-order chi connectivity index (χ1) is 9.52. The Bertz CT molecular complexity index is 462. The molecule has 0 aromatic carbocycles. The lowest BCUT2D eigenvalue weighted by atomic mass is 10.2. The van der Waals surface area contributed by atoms with Crippen LogP contribution in [0.3, 0.4) is 0 Å². The van der Waals surface area contributed by atoms with Crippen LogP contribution in [-0.4, -0.2) is 29.9 Å². The van der Waals surface area contributed by atoms with Gasteiger partial charge in [-0.1, -0.05) is 13.8 Å². The fraction of sp³-hybridized carbons (Fsp3) is 0.462. The predicted octanol–water partition coefficient (Wildman–Crippen LogP) is 0.259. The summed E-state index contributed by atoms with van der Waals surface area (Å²) in [5.41, 5.74) is 2.81. The number of nitrogens with two attached hydrogens (primary N) is 1. The number of pyridine rings is 1. The van der Waals surface area contributed by atoms with Gasteiger partial charge < -0.3 is 16.1 Å². The van der Waals surface area contributed by atoms with Gasteiger partial charge >= 0.3 is 0 Å². The summed E-state index contributed by atoms with van der Waals surface area (Å²) >= 11 is 0. The summed E-state index contributed by atoms with van der Waals surface area (Å²) in [5.74, 6) is 5.70. The van der Waals surface area contributed by atoms with Crippen LogP contribution in [0.2, 0.25) is 0 Å². The fourth-order valence-electron chi connectivity index (χ4n) is 1.45. The number of nitrogens with one attached hydrogen (secondary N) is 3. The molecule has 2 amide bonds.